The number of hydrogen-bond donors (Lipinski definition) is 1. The summed E-state index contributed by atoms with van der Waals surface area (Å²) in [5, 5.41) is 16.1. The lowest BCUT2D eigenvalue weighted by Crippen LogP contribution is -2.41. The summed E-state index contributed by atoms with van der Waals surface area (Å²) in [6.45, 7) is 0.657. The van der Waals surface area contributed by atoms with Crippen LogP contribution in [0.1, 0.15) is 38.1 Å². The van der Waals surface area contributed by atoms with Crippen LogP contribution in [-0.4, -0.2) is 73.8 Å². The van der Waals surface area contributed by atoms with Gasteiger partial charge in [-0.1, -0.05) is 19.3 Å². The van der Waals surface area contributed by atoms with Gasteiger partial charge < -0.3 is 19.5 Å². The molecule has 2 aromatic heterocycles. The Morgan fingerprint density at radius 3 is 2.77 bits per heavy atom. The SMILES string of the molecule is O=C(NC1CCCCC1)O[C@@H]1CO[C@H]2[C@@H]1OC[C@@H]2n1nnnc1Sc1ncccn1. The first kappa shape index (κ1) is 19.6. The van der Waals surface area contributed by atoms with Crippen LogP contribution in [0.3, 0.4) is 0 Å². The lowest BCUT2D eigenvalue weighted by molar-refractivity contribution is 0.00152. The van der Waals surface area contributed by atoms with E-state index in [9.17, 15) is 4.79 Å². The van der Waals surface area contributed by atoms with E-state index in [4.69, 9.17) is 14.2 Å². The first-order chi connectivity index (χ1) is 14.8. The van der Waals surface area contributed by atoms with Gasteiger partial charge in [0.25, 0.3) is 0 Å². The lowest BCUT2D eigenvalue weighted by atomic mass is 9.96. The first-order valence-electron chi connectivity index (χ1n) is 10.2. The molecule has 0 bridgehead atoms. The van der Waals surface area contributed by atoms with Crippen molar-refractivity contribution in [2.75, 3.05) is 13.2 Å². The molecule has 3 fully saturated rings. The minimum Gasteiger partial charge on any atom is -0.441 e. The topological polar surface area (TPSA) is 126 Å². The van der Waals surface area contributed by atoms with E-state index in [0.29, 0.717) is 16.9 Å². The summed E-state index contributed by atoms with van der Waals surface area (Å²) >= 11 is 1.27. The Hall–Kier alpha value is -2.31. The molecule has 5 rings (SSSR count). The van der Waals surface area contributed by atoms with Gasteiger partial charge in [-0.15, -0.1) is 5.10 Å². The molecule has 12 heteroatoms. The maximum absolute atomic E-state index is 12.3. The van der Waals surface area contributed by atoms with Gasteiger partial charge in [0.1, 0.15) is 18.2 Å². The second-order valence-electron chi connectivity index (χ2n) is 7.63. The number of amides is 1. The molecule has 1 aliphatic carbocycles. The number of alkyl carbamates (subject to hydrolysis) is 1. The molecule has 1 N–H and O–H groups in total. The molecule has 0 radical (unpaired) electrons. The third-order valence-electron chi connectivity index (χ3n) is 5.67. The number of rotatable bonds is 5. The summed E-state index contributed by atoms with van der Waals surface area (Å²) in [6, 6.07) is 1.73. The van der Waals surface area contributed by atoms with Gasteiger partial charge in [-0.05, 0) is 41.1 Å². The molecule has 4 heterocycles. The monoisotopic (exact) mass is 433 g/mol. The number of ether oxygens (including phenoxy) is 3. The van der Waals surface area contributed by atoms with Crippen molar-refractivity contribution >= 4 is 17.9 Å². The maximum atomic E-state index is 12.3. The van der Waals surface area contributed by atoms with Crippen LogP contribution in [0.25, 0.3) is 0 Å². The molecule has 3 aliphatic rings. The predicted octanol–water partition coefficient (Wildman–Crippen LogP) is 1.38. The van der Waals surface area contributed by atoms with Crippen LogP contribution in [0, 0.1) is 0 Å². The molecular weight excluding hydrogens is 410 g/mol. The Labute approximate surface area is 177 Å². The number of hydrogen-bond acceptors (Lipinski definition) is 10. The average molecular weight is 433 g/mol. The van der Waals surface area contributed by atoms with Crippen molar-refractivity contribution in [3.63, 3.8) is 0 Å². The molecule has 11 nitrogen and oxygen atoms in total. The Bertz CT molecular complexity index is 863. The molecule has 2 saturated heterocycles. The van der Waals surface area contributed by atoms with Crippen molar-refractivity contribution < 1.29 is 19.0 Å². The highest BCUT2D eigenvalue weighted by Crippen LogP contribution is 2.37. The standard InChI is InChI=1S/C18H23N7O4S/c26-18(21-11-5-2-1-3-6-11)29-13-10-28-14-12(9-27-15(13)14)25-17(22-23-24-25)30-16-19-7-4-8-20-16/h4,7-8,11-15H,1-3,5-6,9-10H2,(H,21,26)/t12-,13+,14+,15+/m0/s1. The number of fused-ring (bicyclic) bond motifs is 1. The number of carbonyl (C=O) groups is 1. The smallest absolute Gasteiger partial charge is 0.407 e. The third-order valence-corrected chi connectivity index (χ3v) is 6.51. The largest absolute Gasteiger partial charge is 0.441 e. The number of tetrazole rings is 1. The highest BCUT2D eigenvalue weighted by atomic mass is 32.2. The summed E-state index contributed by atoms with van der Waals surface area (Å²) in [4.78, 5) is 20.7. The minimum atomic E-state index is -0.450. The zero-order valence-corrected chi connectivity index (χ0v) is 17.1. The van der Waals surface area contributed by atoms with Gasteiger partial charge in [-0.25, -0.2) is 19.4 Å². The number of carbonyl (C=O) groups excluding carboxylic acids is 1. The molecular formula is C18H23N7O4S. The van der Waals surface area contributed by atoms with Crippen molar-refractivity contribution in [3.05, 3.63) is 18.5 Å². The zero-order chi connectivity index (χ0) is 20.3. The van der Waals surface area contributed by atoms with Crippen LogP contribution in [-0.2, 0) is 14.2 Å². The lowest BCUT2D eigenvalue weighted by Gasteiger charge is -2.24. The van der Waals surface area contributed by atoms with Gasteiger partial charge in [0, 0.05) is 18.4 Å². The molecule has 30 heavy (non-hydrogen) atoms. The van der Waals surface area contributed by atoms with Crippen molar-refractivity contribution in [2.24, 2.45) is 0 Å². The fraction of sp³-hybridized carbons (Fsp3) is 0.667. The Balaban J connectivity index is 1.21. The van der Waals surface area contributed by atoms with E-state index in [0.717, 1.165) is 25.7 Å². The molecule has 160 valence electrons. The Kier molecular flexibility index (Phi) is 5.77. The van der Waals surface area contributed by atoms with Crippen LogP contribution in [0.4, 0.5) is 4.79 Å². The summed E-state index contributed by atoms with van der Waals surface area (Å²) in [5.74, 6) is 0. The summed E-state index contributed by atoms with van der Waals surface area (Å²) in [7, 11) is 0. The molecule has 0 unspecified atom stereocenters. The van der Waals surface area contributed by atoms with Crippen molar-refractivity contribution in [1.82, 2.24) is 35.5 Å². The highest BCUT2D eigenvalue weighted by Gasteiger charge is 2.51. The minimum absolute atomic E-state index is 0.197. The van der Waals surface area contributed by atoms with E-state index in [1.54, 1.807) is 23.1 Å². The van der Waals surface area contributed by atoms with Crippen molar-refractivity contribution in [1.29, 1.82) is 0 Å². The van der Waals surface area contributed by atoms with Crippen molar-refractivity contribution in [3.8, 4) is 0 Å². The van der Waals surface area contributed by atoms with Gasteiger partial charge in [-0.3, -0.25) is 0 Å². The Morgan fingerprint density at radius 1 is 1.13 bits per heavy atom. The Morgan fingerprint density at radius 2 is 1.93 bits per heavy atom. The number of aromatic nitrogens is 6. The molecule has 0 spiro atoms. The molecule has 0 aromatic carbocycles. The highest BCUT2D eigenvalue weighted by molar-refractivity contribution is 7.99. The van der Waals surface area contributed by atoms with Gasteiger partial charge in [0.05, 0.1) is 13.2 Å². The second-order valence-corrected chi connectivity index (χ2v) is 8.56. The van der Waals surface area contributed by atoms with E-state index in [1.165, 1.54) is 18.2 Å². The van der Waals surface area contributed by atoms with E-state index in [2.05, 4.69) is 30.8 Å². The fourth-order valence-electron chi connectivity index (χ4n) is 4.22. The summed E-state index contributed by atoms with van der Waals surface area (Å²) in [6.07, 6.45) is 7.38. The fourth-order valence-corrected chi connectivity index (χ4v) is 4.95. The number of nitrogens with zero attached hydrogens (tertiary/aromatic N) is 6. The van der Waals surface area contributed by atoms with E-state index in [1.807, 2.05) is 0 Å². The van der Waals surface area contributed by atoms with Crippen LogP contribution in [0.2, 0.25) is 0 Å². The molecule has 2 aliphatic heterocycles. The molecule has 2 aromatic rings. The third kappa shape index (κ3) is 4.12. The van der Waals surface area contributed by atoms with Crippen LogP contribution >= 0.6 is 11.8 Å². The van der Waals surface area contributed by atoms with E-state index >= 15 is 0 Å². The maximum Gasteiger partial charge on any atom is 0.407 e. The van der Waals surface area contributed by atoms with Crippen LogP contribution < -0.4 is 5.32 Å². The van der Waals surface area contributed by atoms with E-state index in [-0.39, 0.29) is 30.9 Å². The van der Waals surface area contributed by atoms with Gasteiger partial charge in [0.2, 0.25) is 5.16 Å². The van der Waals surface area contributed by atoms with Gasteiger partial charge in [-0.2, -0.15) is 0 Å². The molecule has 1 amide bonds. The normalized spacial score (nSPS) is 28.9. The average Bonchev–Trinajstić information content (AvgIpc) is 3.47. The quantitative estimate of drug-likeness (QED) is 0.691. The van der Waals surface area contributed by atoms with Gasteiger partial charge >= 0.3 is 6.09 Å². The van der Waals surface area contributed by atoms with Crippen molar-refractivity contribution in [2.45, 2.75) is 72.8 Å². The zero-order valence-electron chi connectivity index (χ0n) is 16.3. The van der Waals surface area contributed by atoms with Crippen LogP contribution in [0.5, 0.6) is 0 Å². The number of nitrogens with one attached hydrogen (secondary N) is 1. The van der Waals surface area contributed by atoms with Crippen LogP contribution in [0.15, 0.2) is 28.8 Å². The second kappa shape index (κ2) is 8.82. The first-order valence-corrected chi connectivity index (χ1v) is 11.0. The summed E-state index contributed by atoms with van der Waals surface area (Å²) in [5.41, 5.74) is 0. The molecule has 1 saturated carbocycles. The van der Waals surface area contributed by atoms with Gasteiger partial charge in [0.15, 0.2) is 11.3 Å². The van der Waals surface area contributed by atoms with E-state index < -0.39 is 12.2 Å². The molecule has 4 atom stereocenters. The summed E-state index contributed by atoms with van der Waals surface area (Å²) < 4.78 is 19.2. The predicted molar refractivity (Wildman–Crippen MR) is 103 cm³/mol.